The molecule has 0 saturated heterocycles. The lowest BCUT2D eigenvalue weighted by Crippen LogP contribution is -1.87. The number of rotatable bonds is 2. The summed E-state index contributed by atoms with van der Waals surface area (Å²) in [7, 11) is 0. The molecular formula is C16H15N3O. The molecule has 4 nitrogen and oxygen atoms in total. The Bertz CT molecular complexity index is 762. The molecule has 1 heterocycles. The summed E-state index contributed by atoms with van der Waals surface area (Å²) in [6.45, 7) is 4.14. The molecule has 2 N–H and O–H groups in total. The summed E-state index contributed by atoms with van der Waals surface area (Å²) in [5.74, 6) is 1.07. The average molecular weight is 265 g/mol. The highest BCUT2D eigenvalue weighted by atomic mass is 16.5. The second-order valence-electron chi connectivity index (χ2n) is 4.85. The van der Waals surface area contributed by atoms with E-state index >= 15 is 0 Å². The van der Waals surface area contributed by atoms with E-state index in [1.165, 1.54) is 11.1 Å². The van der Waals surface area contributed by atoms with Crippen molar-refractivity contribution in [3.8, 4) is 22.8 Å². The monoisotopic (exact) mass is 265 g/mol. The first-order chi connectivity index (χ1) is 9.63. The van der Waals surface area contributed by atoms with Gasteiger partial charge in [-0.2, -0.15) is 4.98 Å². The van der Waals surface area contributed by atoms with Crippen LogP contribution in [0.15, 0.2) is 47.0 Å². The van der Waals surface area contributed by atoms with Gasteiger partial charge in [-0.25, -0.2) is 0 Å². The van der Waals surface area contributed by atoms with Crippen LogP contribution in [0, 0.1) is 13.8 Å². The standard InChI is InChI=1S/C16H15N3O/c1-10-6-7-13(8-11(10)2)16-18-15(19-20-16)12-4-3-5-14(17)9-12/h3-9H,17H2,1-2H3. The van der Waals surface area contributed by atoms with Crippen molar-refractivity contribution in [2.75, 3.05) is 5.73 Å². The van der Waals surface area contributed by atoms with Crippen LogP contribution in [0.3, 0.4) is 0 Å². The number of aryl methyl sites for hydroxylation is 2. The average Bonchev–Trinajstić information content (AvgIpc) is 2.92. The molecule has 0 bridgehead atoms. The van der Waals surface area contributed by atoms with Crippen molar-refractivity contribution in [1.82, 2.24) is 10.1 Å². The van der Waals surface area contributed by atoms with E-state index in [0.717, 1.165) is 11.1 Å². The molecule has 3 rings (SSSR count). The molecule has 0 aliphatic heterocycles. The summed E-state index contributed by atoms with van der Waals surface area (Å²) in [6, 6.07) is 13.5. The van der Waals surface area contributed by atoms with Gasteiger partial charge < -0.3 is 10.3 Å². The van der Waals surface area contributed by atoms with E-state index in [1.54, 1.807) is 0 Å². The van der Waals surface area contributed by atoms with Crippen molar-refractivity contribution < 1.29 is 4.52 Å². The summed E-state index contributed by atoms with van der Waals surface area (Å²) in [6.07, 6.45) is 0. The Labute approximate surface area is 117 Å². The van der Waals surface area contributed by atoms with E-state index in [1.807, 2.05) is 36.4 Å². The molecule has 3 aromatic rings. The second-order valence-corrected chi connectivity index (χ2v) is 4.85. The zero-order chi connectivity index (χ0) is 14.1. The molecule has 2 aromatic carbocycles. The van der Waals surface area contributed by atoms with E-state index in [0.29, 0.717) is 17.4 Å². The Morgan fingerprint density at radius 2 is 1.80 bits per heavy atom. The van der Waals surface area contributed by atoms with Gasteiger partial charge in [-0.3, -0.25) is 0 Å². The first-order valence-corrected chi connectivity index (χ1v) is 6.41. The van der Waals surface area contributed by atoms with Crippen molar-refractivity contribution in [2.45, 2.75) is 13.8 Å². The second kappa shape index (κ2) is 4.81. The van der Waals surface area contributed by atoms with Crippen molar-refractivity contribution in [3.63, 3.8) is 0 Å². The molecule has 0 aliphatic carbocycles. The van der Waals surface area contributed by atoms with Gasteiger partial charge in [-0.15, -0.1) is 0 Å². The molecule has 0 spiro atoms. The van der Waals surface area contributed by atoms with Crippen molar-refractivity contribution >= 4 is 5.69 Å². The molecule has 0 saturated carbocycles. The third-order valence-electron chi connectivity index (χ3n) is 3.32. The van der Waals surface area contributed by atoms with Gasteiger partial charge in [0.2, 0.25) is 5.82 Å². The van der Waals surface area contributed by atoms with Crippen LogP contribution in [0.4, 0.5) is 5.69 Å². The quantitative estimate of drug-likeness (QED) is 0.719. The normalized spacial score (nSPS) is 10.7. The zero-order valence-corrected chi connectivity index (χ0v) is 11.4. The first kappa shape index (κ1) is 12.4. The molecule has 1 aromatic heterocycles. The molecule has 100 valence electrons. The number of nitrogens with zero attached hydrogens (tertiary/aromatic N) is 2. The molecule has 0 aliphatic rings. The molecule has 0 atom stereocenters. The summed E-state index contributed by atoms with van der Waals surface area (Å²) in [5.41, 5.74) is 10.7. The van der Waals surface area contributed by atoms with Gasteiger partial charge in [0, 0.05) is 16.8 Å². The number of anilines is 1. The van der Waals surface area contributed by atoms with E-state index in [-0.39, 0.29) is 0 Å². The van der Waals surface area contributed by atoms with Crippen LogP contribution in [-0.4, -0.2) is 10.1 Å². The van der Waals surface area contributed by atoms with Crippen molar-refractivity contribution in [2.24, 2.45) is 0 Å². The maximum absolute atomic E-state index is 5.76. The van der Waals surface area contributed by atoms with E-state index in [2.05, 4.69) is 30.1 Å². The molecule has 0 fully saturated rings. The van der Waals surface area contributed by atoms with Gasteiger partial charge in [0.25, 0.3) is 5.89 Å². The van der Waals surface area contributed by atoms with Crippen molar-refractivity contribution in [3.05, 3.63) is 53.6 Å². The van der Waals surface area contributed by atoms with Crippen LogP contribution in [0.5, 0.6) is 0 Å². The number of benzene rings is 2. The van der Waals surface area contributed by atoms with Gasteiger partial charge in [0.1, 0.15) is 0 Å². The van der Waals surface area contributed by atoms with E-state index in [4.69, 9.17) is 10.3 Å². The third kappa shape index (κ3) is 2.28. The van der Waals surface area contributed by atoms with Crippen LogP contribution in [0.25, 0.3) is 22.8 Å². The summed E-state index contributed by atoms with van der Waals surface area (Å²) >= 11 is 0. The molecule has 0 amide bonds. The molecule has 0 radical (unpaired) electrons. The Balaban J connectivity index is 1.99. The highest BCUT2D eigenvalue weighted by molar-refractivity contribution is 5.63. The lowest BCUT2D eigenvalue weighted by Gasteiger charge is -2.00. The number of nitrogens with two attached hydrogens (primary N) is 1. The third-order valence-corrected chi connectivity index (χ3v) is 3.32. The Kier molecular flexibility index (Phi) is 2.99. The maximum atomic E-state index is 5.76. The summed E-state index contributed by atoms with van der Waals surface area (Å²) < 4.78 is 5.34. The van der Waals surface area contributed by atoms with Crippen LogP contribution in [0.2, 0.25) is 0 Å². The lowest BCUT2D eigenvalue weighted by atomic mass is 10.1. The van der Waals surface area contributed by atoms with E-state index < -0.39 is 0 Å². The first-order valence-electron chi connectivity index (χ1n) is 6.41. The predicted octanol–water partition coefficient (Wildman–Crippen LogP) is 3.60. The largest absolute Gasteiger partial charge is 0.399 e. The zero-order valence-electron chi connectivity index (χ0n) is 11.4. The topological polar surface area (TPSA) is 64.9 Å². The van der Waals surface area contributed by atoms with E-state index in [9.17, 15) is 0 Å². The number of nitrogen functional groups attached to an aromatic ring is 1. The SMILES string of the molecule is Cc1ccc(-c2nc(-c3cccc(N)c3)no2)cc1C. The minimum absolute atomic E-state index is 0.519. The fraction of sp³-hybridized carbons (Fsp3) is 0.125. The van der Waals surface area contributed by atoms with Crippen LogP contribution < -0.4 is 5.73 Å². The Morgan fingerprint density at radius 1 is 0.950 bits per heavy atom. The smallest absolute Gasteiger partial charge is 0.258 e. The molecule has 4 heteroatoms. The highest BCUT2D eigenvalue weighted by Gasteiger charge is 2.11. The number of hydrogen-bond acceptors (Lipinski definition) is 4. The van der Waals surface area contributed by atoms with Crippen molar-refractivity contribution in [1.29, 1.82) is 0 Å². The van der Waals surface area contributed by atoms with Gasteiger partial charge in [0.15, 0.2) is 0 Å². The minimum atomic E-state index is 0.519. The number of aromatic nitrogens is 2. The molecule has 20 heavy (non-hydrogen) atoms. The fourth-order valence-corrected chi connectivity index (χ4v) is 2.01. The highest BCUT2D eigenvalue weighted by Crippen LogP contribution is 2.24. The summed E-state index contributed by atoms with van der Waals surface area (Å²) in [5, 5.41) is 4.01. The lowest BCUT2D eigenvalue weighted by molar-refractivity contribution is 0.432. The predicted molar refractivity (Wildman–Crippen MR) is 79.1 cm³/mol. The molecule has 0 unspecified atom stereocenters. The van der Waals surface area contributed by atoms with Crippen LogP contribution >= 0.6 is 0 Å². The Morgan fingerprint density at radius 3 is 2.55 bits per heavy atom. The minimum Gasteiger partial charge on any atom is -0.399 e. The van der Waals surface area contributed by atoms with Gasteiger partial charge in [-0.05, 0) is 49.2 Å². The summed E-state index contributed by atoms with van der Waals surface area (Å²) in [4.78, 5) is 4.43. The van der Waals surface area contributed by atoms with Crippen LogP contribution in [-0.2, 0) is 0 Å². The Hall–Kier alpha value is -2.62. The van der Waals surface area contributed by atoms with Gasteiger partial charge >= 0.3 is 0 Å². The maximum Gasteiger partial charge on any atom is 0.258 e. The van der Waals surface area contributed by atoms with Crippen LogP contribution in [0.1, 0.15) is 11.1 Å². The van der Waals surface area contributed by atoms with Gasteiger partial charge in [-0.1, -0.05) is 23.4 Å². The number of hydrogen-bond donors (Lipinski definition) is 1. The van der Waals surface area contributed by atoms with Gasteiger partial charge in [0.05, 0.1) is 0 Å². The fourth-order valence-electron chi connectivity index (χ4n) is 2.01. The molecular weight excluding hydrogens is 250 g/mol.